The molecular formula is C31H23F7N2O2. The van der Waals surface area contributed by atoms with Gasteiger partial charge in [0.05, 0.1) is 29.4 Å². The number of benzene rings is 3. The van der Waals surface area contributed by atoms with Gasteiger partial charge < -0.3 is 10.4 Å². The van der Waals surface area contributed by atoms with Crippen LogP contribution in [-0.4, -0.2) is 17.6 Å². The number of nitriles is 1. The monoisotopic (exact) mass is 588 g/mol. The van der Waals surface area contributed by atoms with Gasteiger partial charge in [-0.05, 0) is 80.3 Å². The molecule has 1 aliphatic carbocycles. The fourth-order valence-electron chi connectivity index (χ4n) is 4.76. The third-order valence-corrected chi connectivity index (χ3v) is 7.26. The second kappa shape index (κ2) is 11.1. The summed E-state index contributed by atoms with van der Waals surface area (Å²) in [5.41, 5.74) is -5.73. The van der Waals surface area contributed by atoms with E-state index in [9.17, 15) is 40.6 Å². The Morgan fingerprint density at radius 1 is 0.976 bits per heavy atom. The summed E-state index contributed by atoms with van der Waals surface area (Å²) in [6.45, 7) is 0.859. The third kappa shape index (κ3) is 6.42. The summed E-state index contributed by atoms with van der Waals surface area (Å²) in [4.78, 5) is 13.7. The lowest BCUT2D eigenvalue weighted by Crippen LogP contribution is -2.41. The number of amides is 1. The molecule has 1 aliphatic rings. The van der Waals surface area contributed by atoms with Gasteiger partial charge >= 0.3 is 12.4 Å². The van der Waals surface area contributed by atoms with E-state index in [2.05, 4.69) is 17.2 Å². The van der Waals surface area contributed by atoms with Gasteiger partial charge in [-0.15, -0.1) is 0 Å². The van der Waals surface area contributed by atoms with Crippen molar-refractivity contribution in [1.82, 2.24) is 0 Å². The Kier molecular flexibility index (Phi) is 8.12. The van der Waals surface area contributed by atoms with Crippen LogP contribution in [-0.2, 0) is 22.6 Å². The number of hydrogen-bond acceptors (Lipinski definition) is 3. The summed E-state index contributed by atoms with van der Waals surface area (Å²) in [6.07, 6.45) is -9.73. The fourth-order valence-corrected chi connectivity index (χ4v) is 4.76. The molecule has 0 bridgehead atoms. The molecule has 0 aromatic heterocycles. The highest BCUT2D eigenvalue weighted by Gasteiger charge is 2.54. The van der Waals surface area contributed by atoms with Crippen molar-refractivity contribution in [3.05, 3.63) is 99.9 Å². The van der Waals surface area contributed by atoms with Crippen LogP contribution in [0.15, 0.2) is 60.7 Å². The molecule has 11 heteroatoms. The van der Waals surface area contributed by atoms with Crippen molar-refractivity contribution in [2.45, 2.75) is 44.0 Å². The molecule has 0 radical (unpaired) electrons. The van der Waals surface area contributed by atoms with E-state index >= 15 is 0 Å². The largest absolute Gasteiger partial charge is 0.417 e. The van der Waals surface area contributed by atoms with Crippen LogP contribution in [0.5, 0.6) is 0 Å². The maximum absolute atomic E-state index is 14.9. The van der Waals surface area contributed by atoms with E-state index in [0.717, 1.165) is 17.7 Å². The number of carbonyl (C=O) groups is 1. The number of rotatable bonds is 6. The molecule has 4 rings (SSSR count). The highest BCUT2D eigenvalue weighted by molar-refractivity contribution is 5.98. The van der Waals surface area contributed by atoms with Gasteiger partial charge in [0.1, 0.15) is 11.2 Å². The van der Waals surface area contributed by atoms with Crippen molar-refractivity contribution < 1.29 is 40.6 Å². The van der Waals surface area contributed by atoms with Crippen molar-refractivity contribution in [1.29, 1.82) is 5.26 Å². The number of aliphatic hydroxyl groups is 1. The topological polar surface area (TPSA) is 73.1 Å². The summed E-state index contributed by atoms with van der Waals surface area (Å²) in [5.74, 6) is 3.50. The van der Waals surface area contributed by atoms with Crippen LogP contribution in [0.3, 0.4) is 0 Å². The van der Waals surface area contributed by atoms with Crippen molar-refractivity contribution in [2.75, 3.05) is 11.9 Å². The van der Waals surface area contributed by atoms with E-state index in [1.54, 1.807) is 24.3 Å². The first-order valence-electron chi connectivity index (χ1n) is 12.6. The van der Waals surface area contributed by atoms with Crippen LogP contribution in [0.25, 0.3) is 0 Å². The van der Waals surface area contributed by atoms with E-state index in [1.165, 1.54) is 6.07 Å². The van der Waals surface area contributed by atoms with Gasteiger partial charge in [-0.25, -0.2) is 4.39 Å². The molecule has 0 heterocycles. The molecule has 2 N–H and O–H groups in total. The Morgan fingerprint density at radius 3 is 2.19 bits per heavy atom. The molecule has 4 nitrogen and oxygen atoms in total. The van der Waals surface area contributed by atoms with Gasteiger partial charge in [-0.2, -0.15) is 31.6 Å². The lowest BCUT2D eigenvalue weighted by molar-refractivity contribution is -0.138. The molecule has 0 spiro atoms. The van der Waals surface area contributed by atoms with E-state index < -0.39 is 64.6 Å². The molecule has 0 aliphatic heterocycles. The van der Waals surface area contributed by atoms with Gasteiger partial charge in [-0.3, -0.25) is 4.79 Å². The number of anilines is 1. The van der Waals surface area contributed by atoms with Gasteiger partial charge in [0.25, 0.3) is 0 Å². The van der Waals surface area contributed by atoms with Gasteiger partial charge in [0.2, 0.25) is 5.91 Å². The summed E-state index contributed by atoms with van der Waals surface area (Å²) in [5, 5.41) is 21.9. The number of nitrogens with zero attached hydrogens (tertiary/aromatic N) is 1. The minimum atomic E-state index is -4.91. The van der Waals surface area contributed by atoms with Crippen molar-refractivity contribution >= 4 is 11.6 Å². The average Bonchev–Trinajstić information content (AvgIpc) is 3.71. The van der Waals surface area contributed by atoms with Crippen LogP contribution in [0, 0.1) is 41.3 Å². The minimum absolute atomic E-state index is 0.182. The maximum atomic E-state index is 14.9. The Bertz CT molecular complexity index is 1610. The molecule has 0 saturated heterocycles. The quantitative estimate of drug-likeness (QED) is 0.238. The second-order valence-electron chi connectivity index (χ2n) is 10.3. The zero-order valence-electron chi connectivity index (χ0n) is 22.1. The maximum Gasteiger partial charge on any atom is 0.417 e. The number of halogens is 7. The van der Waals surface area contributed by atoms with Crippen LogP contribution in [0.2, 0.25) is 0 Å². The van der Waals surface area contributed by atoms with Crippen LogP contribution in [0.1, 0.15) is 52.6 Å². The van der Waals surface area contributed by atoms with Crippen LogP contribution >= 0.6 is 0 Å². The molecule has 1 fully saturated rings. The highest BCUT2D eigenvalue weighted by Crippen LogP contribution is 2.56. The van der Waals surface area contributed by atoms with E-state index in [4.69, 9.17) is 5.26 Å². The van der Waals surface area contributed by atoms with Gasteiger partial charge in [-0.1, -0.05) is 29.5 Å². The number of carbonyl (C=O) groups excluding carboxylic acids is 1. The molecule has 3 aromatic carbocycles. The second-order valence-corrected chi connectivity index (χ2v) is 10.3. The lowest BCUT2D eigenvalue weighted by Gasteiger charge is -2.31. The van der Waals surface area contributed by atoms with E-state index in [-0.39, 0.29) is 24.1 Å². The number of alkyl halides is 6. The Morgan fingerprint density at radius 2 is 1.64 bits per heavy atom. The van der Waals surface area contributed by atoms with E-state index in [1.807, 2.05) is 6.92 Å². The Hall–Kier alpha value is -4.35. The number of aryl methyl sites for hydroxylation is 1. The first-order valence-corrected chi connectivity index (χ1v) is 12.6. The first kappa shape index (κ1) is 30.6. The normalized spacial score (nSPS) is 15.5. The molecular weight excluding hydrogens is 565 g/mol. The molecule has 1 saturated carbocycles. The predicted molar refractivity (Wildman–Crippen MR) is 139 cm³/mol. The summed E-state index contributed by atoms with van der Waals surface area (Å²) < 4.78 is 95.8. The predicted octanol–water partition coefficient (Wildman–Crippen LogP) is 7.13. The van der Waals surface area contributed by atoms with Crippen LogP contribution in [0.4, 0.5) is 36.4 Å². The van der Waals surface area contributed by atoms with E-state index in [0.29, 0.717) is 29.8 Å². The first-order chi connectivity index (χ1) is 19.6. The van der Waals surface area contributed by atoms with Crippen molar-refractivity contribution in [3.8, 4) is 17.9 Å². The molecule has 1 unspecified atom stereocenters. The zero-order valence-corrected chi connectivity index (χ0v) is 22.1. The van der Waals surface area contributed by atoms with Crippen molar-refractivity contribution in [3.63, 3.8) is 0 Å². The molecule has 1 atom stereocenters. The Labute approximate surface area is 236 Å². The lowest BCUT2D eigenvalue weighted by atomic mass is 9.74. The van der Waals surface area contributed by atoms with Crippen LogP contribution < -0.4 is 5.32 Å². The molecule has 1 amide bonds. The summed E-state index contributed by atoms with van der Waals surface area (Å²) in [7, 11) is 0. The number of hydrogen-bond donors (Lipinski definition) is 2. The molecule has 3 aromatic rings. The standard InChI is InChI=1S/C31H23F7N2O2/c1-19-2-4-20(5-3-19)10-11-29(18-41,27(42)40-23-8-6-21(16-39)24(15-23)31(36,37)38)17-28(12-13-28)25-14-22(30(33,34)35)7-9-26(25)32/h2-9,14-15,41H,12-13,17-18H2,1H3,(H,40,42). The third-order valence-electron chi connectivity index (χ3n) is 7.26. The Balaban J connectivity index is 1.79. The minimum Gasteiger partial charge on any atom is -0.394 e. The van der Waals surface area contributed by atoms with Gasteiger partial charge in [0, 0.05) is 16.7 Å². The highest BCUT2D eigenvalue weighted by atomic mass is 19.4. The summed E-state index contributed by atoms with van der Waals surface area (Å²) in [6, 6.07) is 12.6. The van der Waals surface area contributed by atoms with Gasteiger partial charge in [0.15, 0.2) is 0 Å². The smallest absolute Gasteiger partial charge is 0.394 e. The summed E-state index contributed by atoms with van der Waals surface area (Å²) >= 11 is 0. The zero-order chi connectivity index (χ0) is 30.9. The molecule has 218 valence electrons. The number of aliphatic hydroxyl groups excluding tert-OH is 1. The SMILES string of the molecule is Cc1ccc(C#CC(CO)(CC2(c3cc(C(F)(F)F)ccc3F)CC2)C(=O)Nc2ccc(C#N)c(C(F)(F)F)c2)cc1. The number of nitrogens with one attached hydrogen (secondary N) is 1. The fraction of sp³-hybridized carbons (Fsp3) is 0.290. The molecule has 42 heavy (non-hydrogen) atoms. The average molecular weight is 589 g/mol. The van der Waals surface area contributed by atoms with Crippen molar-refractivity contribution in [2.24, 2.45) is 5.41 Å².